The number of anilines is 3. The van der Waals surface area contributed by atoms with Crippen molar-refractivity contribution in [2.45, 2.75) is 12.5 Å². The number of amides is 2. The molecule has 3 aromatic carbocycles. The molecule has 0 radical (unpaired) electrons. The van der Waals surface area contributed by atoms with Gasteiger partial charge < -0.3 is 25.4 Å². The second kappa shape index (κ2) is 13.0. The Bertz CT molecular complexity index is 1810. The van der Waals surface area contributed by atoms with Crippen LogP contribution in [0.5, 0.6) is 0 Å². The molecule has 2 aromatic heterocycles. The minimum atomic E-state index is -0.969. The zero-order valence-corrected chi connectivity index (χ0v) is 25.1. The molecule has 1 aliphatic rings. The third kappa shape index (κ3) is 6.49. The van der Waals surface area contributed by atoms with Crippen LogP contribution in [0.1, 0.15) is 15.9 Å². The quantitative estimate of drug-likeness (QED) is 0.187. The molecule has 11 heteroatoms. The molecule has 0 unspecified atom stereocenters. The SMILES string of the molecule is O=C(N[C@H](Cc1c[nH]c2ccccc12)C(=O)Nc1ccncc1)c1ccc(N2CCN(c3ccc(Cl)c(Cl)c3)CC2)cc1F. The summed E-state index contributed by atoms with van der Waals surface area (Å²) in [7, 11) is 0. The second-order valence-corrected chi connectivity index (χ2v) is 11.4. The number of aromatic amines is 1. The predicted octanol–water partition coefficient (Wildman–Crippen LogP) is 6.32. The summed E-state index contributed by atoms with van der Waals surface area (Å²) in [5.41, 5.74) is 3.83. The van der Waals surface area contributed by atoms with Crippen LogP contribution in [-0.2, 0) is 11.2 Å². The lowest BCUT2D eigenvalue weighted by atomic mass is 10.0. The number of hydrogen-bond donors (Lipinski definition) is 3. The molecule has 44 heavy (non-hydrogen) atoms. The number of carbonyl (C=O) groups excluding carboxylic acids is 2. The summed E-state index contributed by atoms with van der Waals surface area (Å²) in [6.07, 6.45) is 5.15. The molecule has 0 saturated carbocycles. The van der Waals surface area contributed by atoms with E-state index in [1.54, 1.807) is 36.7 Å². The number of hydrogen-bond acceptors (Lipinski definition) is 5. The van der Waals surface area contributed by atoms with E-state index in [2.05, 4.69) is 30.4 Å². The van der Waals surface area contributed by atoms with E-state index in [0.717, 1.165) is 22.2 Å². The molecule has 224 valence electrons. The number of piperazine rings is 1. The van der Waals surface area contributed by atoms with E-state index in [-0.39, 0.29) is 12.0 Å². The molecular formula is C33H29Cl2FN6O2. The van der Waals surface area contributed by atoms with Crippen molar-refractivity contribution in [3.05, 3.63) is 118 Å². The molecular weight excluding hydrogens is 602 g/mol. The van der Waals surface area contributed by atoms with Gasteiger partial charge in [0.05, 0.1) is 15.6 Å². The summed E-state index contributed by atoms with van der Waals surface area (Å²) in [6.45, 7) is 2.74. The minimum absolute atomic E-state index is 0.135. The van der Waals surface area contributed by atoms with Crippen molar-refractivity contribution in [3.63, 3.8) is 0 Å². The largest absolute Gasteiger partial charge is 0.368 e. The van der Waals surface area contributed by atoms with Crippen LogP contribution in [0.2, 0.25) is 10.0 Å². The van der Waals surface area contributed by atoms with E-state index in [0.29, 0.717) is 47.6 Å². The average Bonchev–Trinajstić information content (AvgIpc) is 3.45. The lowest BCUT2D eigenvalue weighted by molar-refractivity contribution is -0.118. The van der Waals surface area contributed by atoms with E-state index in [1.165, 1.54) is 12.1 Å². The maximum atomic E-state index is 15.4. The zero-order chi connectivity index (χ0) is 30.6. The summed E-state index contributed by atoms with van der Waals surface area (Å²) in [4.78, 5) is 38.2. The highest BCUT2D eigenvalue weighted by molar-refractivity contribution is 6.42. The highest BCUT2D eigenvalue weighted by atomic mass is 35.5. The number of nitrogens with one attached hydrogen (secondary N) is 3. The molecule has 1 atom stereocenters. The molecule has 0 aliphatic carbocycles. The number of carbonyl (C=O) groups is 2. The van der Waals surface area contributed by atoms with Gasteiger partial charge in [-0.15, -0.1) is 0 Å². The molecule has 3 N–H and O–H groups in total. The lowest BCUT2D eigenvalue weighted by Crippen LogP contribution is -2.46. The minimum Gasteiger partial charge on any atom is -0.368 e. The Kier molecular flexibility index (Phi) is 8.67. The maximum Gasteiger partial charge on any atom is 0.254 e. The zero-order valence-electron chi connectivity index (χ0n) is 23.6. The first-order chi connectivity index (χ1) is 21.4. The van der Waals surface area contributed by atoms with Crippen molar-refractivity contribution in [3.8, 4) is 0 Å². The van der Waals surface area contributed by atoms with Gasteiger partial charge in [0.1, 0.15) is 11.9 Å². The van der Waals surface area contributed by atoms with Crippen LogP contribution < -0.4 is 20.4 Å². The Morgan fingerprint density at radius 3 is 2.27 bits per heavy atom. The van der Waals surface area contributed by atoms with Crippen molar-refractivity contribution in [2.75, 3.05) is 41.3 Å². The van der Waals surface area contributed by atoms with Crippen molar-refractivity contribution in [1.82, 2.24) is 15.3 Å². The first kappa shape index (κ1) is 29.5. The standard InChI is InChI=1S/C33H29Cl2FN6O2/c34-27-8-6-23(18-28(27)35)41-13-15-42(16-14-41)24-5-7-26(29(36)19-24)32(43)40-31(33(44)39-22-9-11-37-12-10-22)17-21-20-38-30-4-2-1-3-25(21)30/h1-12,18-20,31,38H,13-17H2,(H,40,43)(H,37,39,44)/t31-/m1/s1. The number of halogens is 3. The van der Waals surface area contributed by atoms with E-state index in [4.69, 9.17) is 23.2 Å². The summed E-state index contributed by atoms with van der Waals surface area (Å²) >= 11 is 12.2. The Morgan fingerprint density at radius 1 is 0.886 bits per heavy atom. The fourth-order valence-corrected chi connectivity index (χ4v) is 5.71. The van der Waals surface area contributed by atoms with Crippen molar-refractivity contribution < 1.29 is 14.0 Å². The highest BCUT2D eigenvalue weighted by Crippen LogP contribution is 2.29. The molecule has 1 fully saturated rings. The first-order valence-electron chi connectivity index (χ1n) is 14.2. The summed E-state index contributed by atoms with van der Waals surface area (Å²) in [6, 6.07) is 20.2. The lowest BCUT2D eigenvalue weighted by Gasteiger charge is -2.37. The van der Waals surface area contributed by atoms with Crippen LogP contribution in [0.4, 0.5) is 21.5 Å². The van der Waals surface area contributed by atoms with E-state index in [9.17, 15) is 9.59 Å². The molecule has 1 saturated heterocycles. The van der Waals surface area contributed by atoms with Gasteiger partial charge in [-0.25, -0.2) is 4.39 Å². The monoisotopic (exact) mass is 630 g/mol. The number of fused-ring (bicyclic) bond motifs is 1. The van der Waals surface area contributed by atoms with Crippen LogP contribution in [0.25, 0.3) is 10.9 Å². The normalized spacial score (nSPS) is 14.0. The molecule has 1 aliphatic heterocycles. The van der Waals surface area contributed by atoms with Crippen molar-refractivity contribution in [1.29, 1.82) is 0 Å². The smallest absolute Gasteiger partial charge is 0.254 e. The average molecular weight is 632 g/mol. The first-order valence-corrected chi connectivity index (χ1v) is 14.9. The maximum absolute atomic E-state index is 15.4. The summed E-state index contributed by atoms with van der Waals surface area (Å²) in [5.74, 6) is -1.76. The number of para-hydroxylation sites is 1. The van der Waals surface area contributed by atoms with Crippen LogP contribution >= 0.6 is 23.2 Å². The summed E-state index contributed by atoms with van der Waals surface area (Å²) < 4.78 is 15.4. The van der Waals surface area contributed by atoms with Crippen LogP contribution in [-0.4, -0.2) is 54.0 Å². The van der Waals surface area contributed by atoms with Gasteiger partial charge >= 0.3 is 0 Å². The number of H-pyrrole nitrogens is 1. The Morgan fingerprint density at radius 2 is 1.57 bits per heavy atom. The fourth-order valence-electron chi connectivity index (χ4n) is 5.42. The van der Waals surface area contributed by atoms with E-state index >= 15 is 4.39 Å². The Hall–Kier alpha value is -4.60. The Labute approximate surface area is 263 Å². The molecule has 2 amide bonds. The van der Waals surface area contributed by atoms with Gasteiger partial charge in [0.2, 0.25) is 5.91 Å². The molecule has 3 heterocycles. The molecule has 6 rings (SSSR count). The number of pyridine rings is 1. The third-order valence-electron chi connectivity index (χ3n) is 7.78. The Balaban J connectivity index is 1.16. The van der Waals surface area contributed by atoms with Crippen molar-refractivity contribution in [2.24, 2.45) is 0 Å². The molecule has 8 nitrogen and oxygen atoms in total. The second-order valence-electron chi connectivity index (χ2n) is 10.6. The van der Waals surface area contributed by atoms with Gasteiger partial charge in [-0.05, 0) is 60.2 Å². The van der Waals surface area contributed by atoms with Gasteiger partial charge in [0, 0.05) is 79.2 Å². The fraction of sp³-hybridized carbons (Fsp3) is 0.182. The van der Waals surface area contributed by atoms with Crippen LogP contribution in [0.15, 0.2) is 91.4 Å². The predicted molar refractivity (Wildman–Crippen MR) is 173 cm³/mol. The van der Waals surface area contributed by atoms with Gasteiger partial charge in [0.15, 0.2) is 0 Å². The molecule has 0 spiro atoms. The van der Waals surface area contributed by atoms with E-state index in [1.807, 2.05) is 42.6 Å². The number of aromatic nitrogens is 2. The van der Waals surface area contributed by atoms with E-state index < -0.39 is 23.7 Å². The molecule has 5 aromatic rings. The van der Waals surface area contributed by atoms with Crippen LogP contribution in [0.3, 0.4) is 0 Å². The van der Waals surface area contributed by atoms with Gasteiger partial charge in [0.25, 0.3) is 5.91 Å². The third-order valence-corrected chi connectivity index (χ3v) is 8.52. The highest BCUT2D eigenvalue weighted by Gasteiger charge is 2.26. The van der Waals surface area contributed by atoms with Gasteiger partial charge in [-0.1, -0.05) is 41.4 Å². The summed E-state index contributed by atoms with van der Waals surface area (Å²) in [5, 5.41) is 7.54. The number of rotatable bonds is 8. The molecule has 0 bridgehead atoms. The van der Waals surface area contributed by atoms with Crippen LogP contribution in [0, 0.1) is 5.82 Å². The van der Waals surface area contributed by atoms with Gasteiger partial charge in [-0.3, -0.25) is 14.6 Å². The topological polar surface area (TPSA) is 93.4 Å². The number of nitrogens with zero attached hydrogens (tertiary/aromatic N) is 3. The van der Waals surface area contributed by atoms with Gasteiger partial charge in [-0.2, -0.15) is 0 Å². The van der Waals surface area contributed by atoms with Crippen molar-refractivity contribution >= 4 is 63.0 Å². The number of benzene rings is 3.